The Bertz CT molecular complexity index is 92.4. The second-order valence-electron chi connectivity index (χ2n) is 4.04. The van der Waals surface area contributed by atoms with Crippen LogP contribution >= 0.6 is 0 Å². The lowest BCUT2D eigenvalue weighted by Gasteiger charge is -2.27. The molecule has 2 atom stereocenters. The number of rotatable bonds is 4. The summed E-state index contributed by atoms with van der Waals surface area (Å²) in [6.07, 6.45) is 8.20. The first-order chi connectivity index (χ1) is 5.86. The summed E-state index contributed by atoms with van der Waals surface area (Å²) >= 11 is 0. The van der Waals surface area contributed by atoms with Gasteiger partial charge in [0.2, 0.25) is 0 Å². The average molecular weight is 198 g/mol. The molecule has 0 aromatic heterocycles. The Morgan fingerprint density at radius 3 is 1.67 bits per heavy atom. The third kappa shape index (κ3) is 3.44. The molecule has 0 aliphatic heterocycles. The van der Waals surface area contributed by atoms with E-state index in [0.29, 0.717) is 0 Å². The normalized spacial score (nSPS) is 32.5. The topological polar surface area (TPSA) is 0 Å². The zero-order chi connectivity index (χ0) is 8.81. The molecule has 0 saturated heterocycles. The lowest BCUT2D eigenvalue weighted by Crippen LogP contribution is -2.15. The van der Waals surface area contributed by atoms with Gasteiger partial charge in [0.15, 0.2) is 0 Å². The second-order valence-corrected chi connectivity index (χ2v) is 9.29. The molecule has 0 N–H and O–H groups in total. The zero-order valence-electron chi connectivity index (χ0n) is 8.55. The van der Waals surface area contributed by atoms with Crippen molar-refractivity contribution >= 4 is 19.0 Å². The highest BCUT2D eigenvalue weighted by atomic mass is 28.2. The molecule has 0 nitrogen and oxygen atoms in total. The van der Waals surface area contributed by atoms with E-state index in [4.69, 9.17) is 0 Å². The summed E-state index contributed by atoms with van der Waals surface area (Å²) in [5.41, 5.74) is 2.13. The quantitative estimate of drug-likeness (QED) is 0.606. The molecular formula is C10H22Si2. The molecule has 0 aromatic rings. The Kier molecular flexibility index (Phi) is 5.23. The third-order valence-electron chi connectivity index (χ3n) is 2.86. The van der Waals surface area contributed by atoms with E-state index >= 15 is 0 Å². The summed E-state index contributed by atoms with van der Waals surface area (Å²) in [7, 11) is 0.536. The summed E-state index contributed by atoms with van der Waals surface area (Å²) in [4.78, 5) is 0. The zero-order valence-corrected chi connectivity index (χ0v) is 11.4. The monoisotopic (exact) mass is 198 g/mol. The fraction of sp³-hybridized carbons (Fsp3) is 0.800. The van der Waals surface area contributed by atoms with Gasteiger partial charge in [0.05, 0.1) is 0 Å². The van der Waals surface area contributed by atoms with Gasteiger partial charge in [-0.05, 0) is 36.8 Å². The van der Waals surface area contributed by atoms with Crippen molar-refractivity contribution in [3.63, 3.8) is 0 Å². The van der Waals surface area contributed by atoms with Crippen LogP contribution in [-0.2, 0) is 0 Å². The largest absolute Gasteiger partial charge is 0.0683 e. The van der Waals surface area contributed by atoms with Crippen molar-refractivity contribution < 1.29 is 0 Å². The molecular weight excluding hydrogens is 176 g/mol. The van der Waals surface area contributed by atoms with Gasteiger partial charge >= 0.3 is 0 Å². The van der Waals surface area contributed by atoms with Gasteiger partial charge in [-0.2, -0.15) is 0 Å². The minimum Gasteiger partial charge on any atom is -0.0683 e. The highest BCUT2D eigenvalue weighted by molar-refractivity contribution is 6.39. The SMILES string of the molecule is CC[SiH2]C1[CH]CC([SiH2]CC)[CH]C1. The van der Waals surface area contributed by atoms with E-state index in [1.807, 2.05) is 0 Å². The lowest BCUT2D eigenvalue weighted by molar-refractivity contribution is 0.699. The van der Waals surface area contributed by atoms with Gasteiger partial charge in [0, 0.05) is 19.0 Å². The van der Waals surface area contributed by atoms with Gasteiger partial charge in [-0.15, -0.1) is 0 Å². The summed E-state index contributed by atoms with van der Waals surface area (Å²) < 4.78 is 0. The van der Waals surface area contributed by atoms with Gasteiger partial charge in [-0.1, -0.05) is 25.9 Å². The molecule has 1 saturated carbocycles. The molecule has 2 unspecified atom stereocenters. The van der Waals surface area contributed by atoms with E-state index in [0.717, 1.165) is 11.1 Å². The first-order valence-electron chi connectivity index (χ1n) is 5.53. The standard InChI is InChI=1S/C10H22Si2/c1-3-11-9-5-7-10(8-6-9)12-4-2/h5,8-10H,3-4,6-7,11-12H2,1-2H3. The van der Waals surface area contributed by atoms with Crippen LogP contribution < -0.4 is 0 Å². The van der Waals surface area contributed by atoms with Crippen molar-refractivity contribution in [1.82, 2.24) is 0 Å². The van der Waals surface area contributed by atoms with Crippen LogP contribution in [0.15, 0.2) is 0 Å². The molecule has 1 aliphatic rings. The number of hydrogen-bond donors (Lipinski definition) is 0. The smallest absolute Gasteiger partial charge is 0.0232 e. The lowest BCUT2D eigenvalue weighted by atomic mass is 9.99. The highest BCUT2D eigenvalue weighted by Gasteiger charge is 2.20. The van der Waals surface area contributed by atoms with Crippen LogP contribution in [0, 0.1) is 12.8 Å². The van der Waals surface area contributed by atoms with Crippen molar-refractivity contribution in [3.8, 4) is 0 Å². The van der Waals surface area contributed by atoms with E-state index < -0.39 is 0 Å². The molecule has 0 aromatic carbocycles. The summed E-state index contributed by atoms with van der Waals surface area (Å²) in [5.74, 6) is 0. The molecule has 12 heavy (non-hydrogen) atoms. The van der Waals surface area contributed by atoms with E-state index in [9.17, 15) is 0 Å². The van der Waals surface area contributed by atoms with Crippen molar-refractivity contribution in [2.45, 2.75) is 49.9 Å². The Morgan fingerprint density at radius 2 is 1.42 bits per heavy atom. The van der Waals surface area contributed by atoms with Crippen LogP contribution in [0.5, 0.6) is 0 Å². The summed E-state index contributed by atoms with van der Waals surface area (Å²) in [5, 5.41) is 0. The predicted octanol–water partition coefficient (Wildman–Crippen LogP) is 1.98. The van der Waals surface area contributed by atoms with Crippen molar-refractivity contribution in [1.29, 1.82) is 0 Å². The van der Waals surface area contributed by atoms with Gasteiger partial charge in [-0.25, -0.2) is 0 Å². The van der Waals surface area contributed by atoms with Crippen LogP contribution in [0.3, 0.4) is 0 Å². The van der Waals surface area contributed by atoms with Crippen LogP contribution in [-0.4, -0.2) is 19.0 Å². The molecule has 0 spiro atoms. The maximum absolute atomic E-state index is 2.66. The minimum atomic E-state index is 0.268. The molecule has 1 aliphatic carbocycles. The highest BCUT2D eigenvalue weighted by Crippen LogP contribution is 2.34. The summed E-state index contributed by atoms with van der Waals surface area (Å²) in [6.45, 7) is 4.71. The van der Waals surface area contributed by atoms with Crippen LogP contribution in [0.25, 0.3) is 0 Å². The Morgan fingerprint density at radius 1 is 1.00 bits per heavy atom. The Hall–Kier alpha value is 0.434. The third-order valence-corrected chi connectivity index (χ3v) is 6.83. The van der Waals surface area contributed by atoms with Gasteiger partial charge in [0.1, 0.15) is 0 Å². The molecule has 1 rings (SSSR count). The second kappa shape index (κ2) is 5.97. The van der Waals surface area contributed by atoms with Gasteiger partial charge in [-0.3, -0.25) is 0 Å². The minimum absolute atomic E-state index is 0.268. The summed E-state index contributed by atoms with van der Waals surface area (Å²) in [6, 6.07) is 2.98. The van der Waals surface area contributed by atoms with Crippen molar-refractivity contribution in [2.24, 2.45) is 0 Å². The van der Waals surface area contributed by atoms with Crippen molar-refractivity contribution in [2.75, 3.05) is 0 Å². The van der Waals surface area contributed by atoms with Gasteiger partial charge in [0.25, 0.3) is 0 Å². The fourth-order valence-corrected chi connectivity index (χ4v) is 5.34. The molecule has 70 valence electrons. The van der Waals surface area contributed by atoms with E-state index in [1.54, 1.807) is 0 Å². The Balaban J connectivity index is 2.11. The van der Waals surface area contributed by atoms with Crippen LogP contribution in [0.4, 0.5) is 0 Å². The van der Waals surface area contributed by atoms with E-state index in [1.165, 1.54) is 24.9 Å². The molecule has 2 heteroatoms. The molecule has 0 bridgehead atoms. The maximum atomic E-state index is 2.66. The van der Waals surface area contributed by atoms with Crippen LogP contribution in [0.2, 0.25) is 23.2 Å². The maximum Gasteiger partial charge on any atom is 0.0232 e. The van der Waals surface area contributed by atoms with Crippen molar-refractivity contribution in [3.05, 3.63) is 12.8 Å². The average Bonchev–Trinajstić information content (AvgIpc) is 2.09. The number of hydrogen-bond acceptors (Lipinski definition) is 0. The van der Waals surface area contributed by atoms with Crippen LogP contribution in [0.1, 0.15) is 26.7 Å². The first kappa shape index (κ1) is 10.5. The molecule has 0 heterocycles. The fourth-order valence-electron chi connectivity index (χ4n) is 2.14. The predicted molar refractivity (Wildman–Crippen MR) is 63.4 cm³/mol. The van der Waals surface area contributed by atoms with Gasteiger partial charge < -0.3 is 0 Å². The van der Waals surface area contributed by atoms with E-state index in [2.05, 4.69) is 26.7 Å². The molecule has 0 amide bonds. The Labute approximate surface area is 82.2 Å². The van der Waals surface area contributed by atoms with E-state index in [-0.39, 0.29) is 19.0 Å². The molecule has 2 radical (unpaired) electrons. The molecule has 1 fully saturated rings. The first-order valence-corrected chi connectivity index (χ1v) is 9.16.